The number of nitrogens with two attached hydrogens (primary N) is 1. The molecule has 0 saturated carbocycles. The van der Waals surface area contributed by atoms with Crippen molar-refractivity contribution in [3.63, 3.8) is 0 Å². The molecule has 0 radical (unpaired) electrons. The Morgan fingerprint density at radius 3 is 2.75 bits per heavy atom. The molecular weight excluding hydrogens is 378 g/mol. The van der Waals surface area contributed by atoms with Gasteiger partial charge in [-0.15, -0.1) is 0 Å². The van der Waals surface area contributed by atoms with Crippen molar-refractivity contribution in [2.45, 2.75) is 33.6 Å². The minimum absolute atomic E-state index is 0.0608. The molecule has 1 atom stereocenters. The second-order valence-corrected chi connectivity index (χ2v) is 6.92. The molecule has 144 valence electrons. The number of aromatic nitrogens is 1. The number of fused-ring (bicyclic) bond motifs is 1. The number of allylic oxidation sites excluding steroid dienone is 2. The van der Waals surface area contributed by atoms with Crippen molar-refractivity contribution in [2.24, 2.45) is 5.73 Å². The topological polar surface area (TPSA) is 98.2 Å². The number of pyridine rings is 1. The first kappa shape index (κ1) is 19.7. The number of rotatable bonds is 3. The summed E-state index contributed by atoms with van der Waals surface area (Å²) in [5.74, 6) is -1.18. The van der Waals surface area contributed by atoms with Gasteiger partial charge < -0.3 is 15.2 Å². The summed E-state index contributed by atoms with van der Waals surface area (Å²) in [6.45, 7) is 7.47. The van der Waals surface area contributed by atoms with Gasteiger partial charge in [0.2, 0.25) is 5.88 Å². The first-order valence-corrected chi connectivity index (χ1v) is 9.19. The minimum atomic E-state index is -0.816. The number of hydrogen-bond acceptors (Lipinski definition) is 6. The van der Waals surface area contributed by atoms with E-state index in [4.69, 9.17) is 26.8 Å². The molecule has 0 saturated heterocycles. The van der Waals surface area contributed by atoms with E-state index in [2.05, 4.69) is 4.98 Å². The van der Waals surface area contributed by atoms with E-state index in [-0.39, 0.29) is 34.5 Å². The van der Waals surface area contributed by atoms with Crippen LogP contribution in [0.1, 0.15) is 36.5 Å². The molecule has 0 bridgehead atoms. The van der Waals surface area contributed by atoms with E-state index in [0.29, 0.717) is 5.56 Å². The Balaban J connectivity index is 2.29. The Morgan fingerprint density at radius 1 is 1.39 bits per heavy atom. The first-order chi connectivity index (χ1) is 13.3. The summed E-state index contributed by atoms with van der Waals surface area (Å²) < 4.78 is 10.6. The Hall–Kier alpha value is -3.04. The van der Waals surface area contributed by atoms with E-state index in [1.165, 1.54) is 0 Å². The Labute approximate surface area is 168 Å². The van der Waals surface area contributed by atoms with Gasteiger partial charge in [0.15, 0.2) is 0 Å². The molecule has 2 heterocycles. The molecule has 0 aliphatic carbocycles. The van der Waals surface area contributed by atoms with Crippen LogP contribution < -0.4 is 5.73 Å². The number of esters is 1. The largest absolute Gasteiger partial charge is 0.463 e. The zero-order chi connectivity index (χ0) is 20.6. The monoisotopic (exact) mass is 397 g/mol. The predicted molar refractivity (Wildman–Crippen MR) is 106 cm³/mol. The third-order valence-electron chi connectivity index (χ3n) is 4.90. The van der Waals surface area contributed by atoms with Gasteiger partial charge in [0.25, 0.3) is 0 Å². The number of benzene rings is 1. The third-order valence-corrected chi connectivity index (χ3v) is 5.21. The molecule has 1 aliphatic rings. The molecule has 6 nitrogen and oxygen atoms in total. The van der Waals surface area contributed by atoms with Crippen molar-refractivity contribution >= 4 is 28.5 Å². The summed E-state index contributed by atoms with van der Waals surface area (Å²) in [5.41, 5.74) is 9.62. The normalized spacial score (nSPS) is 16.8. The molecule has 1 aliphatic heterocycles. The van der Waals surface area contributed by atoms with Crippen LogP contribution in [0.3, 0.4) is 0 Å². The van der Waals surface area contributed by atoms with E-state index < -0.39 is 11.9 Å². The SMILES string of the molecule is CCOC(=O)C1=C(C)OC(N)=C(C#N)C1c1cc2ccc(C)c(C)c2nc1Cl. The maximum Gasteiger partial charge on any atom is 0.338 e. The van der Waals surface area contributed by atoms with E-state index in [1.54, 1.807) is 13.8 Å². The van der Waals surface area contributed by atoms with Gasteiger partial charge in [-0.1, -0.05) is 23.7 Å². The summed E-state index contributed by atoms with van der Waals surface area (Å²) in [6.07, 6.45) is 0. The van der Waals surface area contributed by atoms with Gasteiger partial charge in [0.1, 0.15) is 22.6 Å². The quantitative estimate of drug-likeness (QED) is 0.617. The Morgan fingerprint density at radius 2 is 2.11 bits per heavy atom. The second-order valence-electron chi connectivity index (χ2n) is 6.56. The van der Waals surface area contributed by atoms with E-state index in [1.807, 2.05) is 38.1 Å². The van der Waals surface area contributed by atoms with Crippen molar-refractivity contribution < 1.29 is 14.3 Å². The lowest BCUT2D eigenvalue weighted by molar-refractivity contribution is -0.139. The van der Waals surface area contributed by atoms with Crippen LogP contribution in [0.15, 0.2) is 41.0 Å². The molecule has 0 amide bonds. The lowest BCUT2D eigenvalue weighted by Gasteiger charge is -2.27. The fraction of sp³-hybridized carbons (Fsp3) is 0.286. The summed E-state index contributed by atoms with van der Waals surface area (Å²) in [5, 5.41) is 10.7. The van der Waals surface area contributed by atoms with Crippen LogP contribution in [0, 0.1) is 25.2 Å². The molecule has 1 unspecified atom stereocenters. The number of aryl methyl sites for hydroxylation is 2. The number of hydrogen-bond donors (Lipinski definition) is 1. The number of carbonyl (C=O) groups excluding carboxylic acids is 1. The third kappa shape index (κ3) is 3.19. The second kappa shape index (κ2) is 7.53. The smallest absolute Gasteiger partial charge is 0.338 e. The summed E-state index contributed by atoms with van der Waals surface area (Å²) in [4.78, 5) is 17.2. The molecule has 0 fully saturated rings. The average Bonchev–Trinajstić information content (AvgIpc) is 2.64. The molecule has 0 spiro atoms. The van der Waals surface area contributed by atoms with Gasteiger partial charge in [-0.25, -0.2) is 9.78 Å². The van der Waals surface area contributed by atoms with Crippen molar-refractivity contribution in [3.8, 4) is 6.07 Å². The zero-order valence-corrected chi connectivity index (χ0v) is 16.8. The van der Waals surface area contributed by atoms with Crippen molar-refractivity contribution in [1.82, 2.24) is 4.98 Å². The molecule has 7 heteroatoms. The lowest BCUT2D eigenvalue weighted by Crippen LogP contribution is -2.26. The molecule has 2 N–H and O–H groups in total. The van der Waals surface area contributed by atoms with Gasteiger partial charge in [-0.3, -0.25) is 0 Å². The van der Waals surface area contributed by atoms with E-state index in [0.717, 1.165) is 22.0 Å². The average molecular weight is 398 g/mol. The van der Waals surface area contributed by atoms with E-state index in [9.17, 15) is 10.1 Å². The van der Waals surface area contributed by atoms with Crippen molar-refractivity contribution in [2.75, 3.05) is 6.61 Å². The number of carbonyl (C=O) groups is 1. The van der Waals surface area contributed by atoms with Gasteiger partial charge in [-0.05, 0) is 44.9 Å². The van der Waals surface area contributed by atoms with Crippen LogP contribution in [-0.4, -0.2) is 17.6 Å². The molecular formula is C21H20ClN3O3. The highest BCUT2D eigenvalue weighted by atomic mass is 35.5. The summed E-state index contributed by atoms with van der Waals surface area (Å²) in [6, 6.07) is 7.81. The van der Waals surface area contributed by atoms with Gasteiger partial charge >= 0.3 is 5.97 Å². The van der Waals surface area contributed by atoms with Crippen LogP contribution in [0.5, 0.6) is 0 Å². The standard InChI is InChI=1S/C21H20ClN3O3/c1-5-27-21(26)16-12(4)28-20(24)15(9-23)17(16)14-8-13-7-6-10(2)11(3)18(13)25-19(14)22/h6-8,17H,5,24H2,1-4H3. The van der Waals surface area contributed by atoms with Gasteiger partial charge in [-0.2, -0.15) is 5.26 Å². The van der Waals surface area contributed by atoms with Crippen molar-refractivity contribution in [3.05, 3.63) is 62.8 Å². The van der Waals surface area contributed by atoms with Gasteiger partial charge in [0.05, 0.1) is 23.6 Å². The van der Waals surface area contributed by atoms with Crippen LogP contribution in [0.25, 0.3) is 10.9 Å². The van der Waals surface area contributed by atoms with Crippen LogP contribution in [-0.2, 0) is 14.3 Å². The molecule has 3 rings (SSSR count). The highest BCUT2D eigenvalue weighted by molar-refractivity contribution is 6.31. The van der Waals surface area contributed by atoms with Crippen LogP contribution >= 0.6 is 11.6 Å². The predicted octanol–water partition coefficient (Wildman–Crippen LogP) is 4.15. The van der Waals surface area contributed by atoms with Crippen molar-refractivity contribution in [1.29, 1.82) is 5.26 Å². The summed E-state index contributed by atoms with van der Waals surface area (Å²) in [7, 11) is 0. The molecule has 1 aromatic heterocycles. The molecule has 1 aromatic carbocycles. The first-order valence-electron chi connectivity index (χ1n) is 8.81. The summed E-state index contributed by atoms with van der Waals surface area (Å²) >= 11 is 6.53. The number of nitriles is 1. The molecule has 2 aromatic rings. The zero-order valence-electron chi connectivity index (χ0n) is 16.1. The Bertz CT molecular complexity index is 1100. The molecule has 28 heavy (non-hydrogen) atoms. The number of halogens is 1. The number of nitrogens with zero attached hydrogens (tertiary/aromatic N) is 2. The van der Waals surface area contributed by atoms with Gasteiger partial charge in [0, 0.05) is 10.9 Å². The maximum atomic E-state index is 12.6. The Kier molecular flexibility index (Phi) is 5.30. The maximum absolute atomic E-state index is 12.6. The number of ether oxygens (including phenoxy) is 2. The fourth-order valence-corrected chi connectivity index (χ4v) is 3.59. The fourth-order valence-electron chi connectivity index (χ4n) is 3.34. The minimum Gasteiger partial charge on any atom is -0.463 e. The van der Waals surface area contributed by atoms with Crippen LogP contribution in [0.2, 0.25) is 5.15 Å². The van der Waals surface area contributed by atoms with Crippen LogP contribution in [0.4, 0.5) is 0 Å². The highest BCUT2D eigenvalue weighted by Gasteiger charge is 2.37. The van der Waals surface area contributed by atoms with E-state index >= 15 is 0 Å². The lowest BCUT2D eigenvalue weighted by atomic mass is 9.83. The highest BCUT2D eigenvalue weighted by Crippen LogP contribution is 2.42.